The van der Waals surface area contributed by atoms with E-state index in [0.29, 0.717) is 4.47 Å². The summed E-state index contributed by atoms with van der Waals surface area (Å²) in [7, 11) is 0. The van der Waals surface area contributed by atoms with E-state index < -0.39 is 35.5 Å². The highest BCUT2D eigenvalue weighted by atomic mass is 79.9. The van der Waals surface area contributed by atoms with Gasteiger partial charge in [0.05, 0.1) is 5.69 Å². The van der Waals surface area contributed by atoms with E-state index in [9.17, 15) is 44.3 Å². The van der Waals surface area contributed by atoms with E-state index >= 15 is 0 Å². The average molecular weight is 497 g/mol. The van der Waals surface area contributed by atoms with Crippen molar-refractivity contribution in [1.82, 2.24) is 0 Å². The van der Waals surface area contributed by atoms with Gasteiger partial charge in [0.15, 0.2) is 0 Å². The highest BCUT2D eigenvalue weighted by Crippen LogP contribution is 2.53. The summed E-state index contributed by atoms with van der Waals surface area (Å²) >= 11 is 5.71. The Morgan fingerprint density at radius 1 is 0.875 bits per heavy atom. The molecular formula is C11H4Br2F9NO. The molecule has 0 aromatic heterocycles. The van der Waals surface area contributed by atoms with Gasteiger partial charge in [-0.15, -0.1) is 0 Å². The van der Waals surface area contributed by atoms with Crippen molar-refractivity contribution in [2.45, 2.75) is 23.9 Å². The molecule has 0 atom stereocenters. The first-order valence-electron chi connectivity index (χ1n) is 5.52. The van der Waals surface area contributed by atoms with Crippen LogP contribution in [0.25, 0.3) is 0 Å². The summed E-state index contributed by atoms with van der Waals surface area (Å²) in [6.45, 7) is 0. The first kappa shape index (κ1) is 21.1. The Labute approximate surface area is 144 Å². The molecule has 13 heteroatoms. The second kappa shape index (κ2) is 6.39. The monoisotopic (exact) mass is 495 g/mol. The summed E-state index contributed by atoms with van der Waals surface area (Å²) in [5.41, 5.74) is -0.547. The number of hydrogen-bond donors (Lipinski definition) is 1. The minimum Gasteiger partial charge on any atom is -0.320 e. The van der Waals surface area contributed by atoms with Crippen LogP contribution in [-0.2, 0) is 4.79 Å². The first-order chi connectivity index (χ1) is 10.6. The maximum absolute atomic E-state index is 13.4. The van der Waals surface area contributed by atoms with Gasteiger partial charge in [0.2, 0.25) is 0 Å². The van der Waals surface area contributed by atoms with Crippen LogP contribution in [0.4, 0.5) is 45.2 Å². The van der Waals surface area contributed by atoms with Crippen molar-refractivity contribution in [3.63, 3.8) is 0 Å². The molecule has 136 valence electrons. The summed E-state index contributed by atoms with van der Waals surface area (Å²) in [5, 5.41) is 1.17. The molecule has 0 aliphatic rings. The van der Waals surface area contributed by atoms with Gasteiger partial charge in [-0.2, -0.15) is 39.5 Å². The Morgan fingerprint density at radius 2 is 1.38 bits per heavy atom. The van der Waals surface area contributed by atoms with Crippen molar-refractivity contribution in [3.8, 4) is 0 Å². The second-order valence-electron chi connectivity index (χ2n) is 4.30. The van der Waals surface area contributed by atoms with Crippen LogP contribution in [0.3, 0.4) is 0 Å². The lowest BCUT2D eigenvalue weighted by Crippen LogP contribution is -2.64. The van der Waals surface area contributed by atoms with Crippen LogP contribution in [0.2, 0.25) is 0 Å². The van der Waals surface area contributed by atoms with Gasteiger partial charge in [-0.3, -0.25) is 4.79 Å². The predicted octanol–water partition coefficient (Wildman–Crippen LogP) is 5.62. The smallest absolute Gasteiger partial charge is 0.320 e. The number of amides is 1. The standard InChI is InChI=1S/C11H4Br2F9NO/c12-4-1-2-6(5(13)3-4)23-7(24)8(14,15)9(16,17)10(18,19)11(20,21)22/h1-3H,(H,23,24). The van der Waals surface area contributed by atoms with Crippen LogP contribution < -0.4 is 5.32 Å². The summed E-state index contributed by atoms with van der Waals surface area (Å²) in [6.07, 6.45) is -6.99. The summed E-state index contributed by atoms with van der Waals surface area (Å²) < 4.78 is 114. The number of rotatable bonds is 4. The maximum atomic E-state index is 13.4. The quantitative estimate of drug-likeness (QED) is 0.539. The number of carbonyl (C=O) groups excluding carboxylic acids is 1. The lowest BCUT2D eigenvalue weighted by Gasteiger charge is -2.32. The molecule has 1 aromatic carbocycles. The molecule has 0 radical (unpaired) electrons. The third-order valence-corrected chi connectivity index (χ3v) is 3.76. The molecule has 1 amide bonds. The number of hydrogen-bond acceptors (Lipinski definition) is 1. The van der Waals surface area contributed by atoms with Crippen molar-refractivity contribution >= 4 is 43.5 Å². The fourth-order valence-electron chi connectivity index (χ4n) is 1.31. The molecule has 0 saturated carbocycles. The third kappa shape index (κ3) is 3.51. The Kier molecular flexibility index (Phi) is 5.61. The van der Waals surface area contributed by atoms with Gasteiger partial charge in [0.1, 0.15) is 0 Å². The van der Waals surface area contributed by atoms with Crippen LogP contribution >= 0.6 is 31.9 Å². The molecular weight excluding hydrogens is 493 g/mol. The van der Waals surface area contributed by atoms with Gasteiger partial charge in [-0.05, 0) is 34.1 Å². The molecule has 0 heterocycles. The Hall–Kier alpha value is -0.980. The number of alkyl halides is 9. The molecule has 0 fully saturated rings. The SMILES string of the molecule is O=C(Nc1ccc(Br)cc1Br)C(F)(F)C(F)(F)C(F)(F)C(F)(F)F. The molecule has 0 unspecified atom stereocenters. The molecule has 1 aromatic rings. The van der Waals surface area contributed by atoms with Crippen LogP contribution in [0.5, 0.6) is 0 Å². The lowest BCUT2D eigenvalue weighted by atomic mass is 10.0. The number of anilines is 1. The van der Waals surface area contributed by atoms with Crippen LogP contribution in [0.15, 0.2) is 27.1 Å². The summed E-state index contributed by atoms with van der Waals surface area (Å²) in [5.74, 6) is -23.5. The second-order valence-corrected chi connectivity index (χ2v) is 6.07. The van der Waals surface area contributed by atoms with Gasteiger partial charge in [0.25, 0.3) is 0 Å². The largest absolute Gasteiger partial charge is 0.460 e. The minimum atomic E-state index is -7.13. The molecule has 0 bridgehead atoms. The third-order valence-electron chi connectivity index (χ3n) is 2.61. The lowest BCUT2D eigenvalue weighted by molar-refractivity contribution is -0.388. The fraction of sp³-hybridized carbons (Fsp3) is 0.364. The molecule has 0 aliphatic carbocycles. The minimum absolute atomic E-state index is 0.119. The average Bonchev–Trinajstić information content (AvgIpc) is 2.40. The molecule has 2 nitrogen and oxygen atoms in total. The molecule has 0 spiro atoms. The number of benzene rings is 1. The van der Waals surface area contributed by atoms with E-state index in [-0.39, 0.29) is 4.47 Å². The van der Waals surface area contributed by atoms with Crippen LogP contribution in [0, 0.1) is 0 Å². The predicted molar refractivity (Wildman–Crippen MR) is 71.4 cm³/mol. The van der Waals surface area contributed by atoms with Crippen molar-refractivity contribution in [2.24, 2.45) is 0 Å². The summed E-state index contributed by atoms with van der Waals surface area (Å²) in [6, 6.07) is 3.26. The van der Waals surface area contributed by atoms with E-state index in [4.69, 9.17) is 0 Å². The van der Waals surface area contributed by atoms with Gasteiger partial charge < -0.3 is 5.32 Å². The summed E-state index contributed by atoms with van der Waals surface area (Å²) in [4.78, 5) is 11.2. The molecule has 1 N–H and O–H groups in total. The maximum Gasteiger partial charge on any atom is 0.460 e. The zero-order chi connectivity index (χ0) is 19.1. The van der Waals surface area contributed by atoms with Crippen molar-refractivity contribution in [1.29, 1.82) is 0 Å². The molecule has 0 saturated heterocycles. The Bertz CT molecular complexity index is 645. The Balaban J connectivity index is 3.20. The van der Waals surface area contributed by atoms with Crippen molar-refractivity contribution in [3.05, 3.63) is 27.1 Å². The zero-order valence-corrected chi connectivity index (χ0v) is 14.0. The Morgan fingerprint density at radius 3 is 1.79 bits per heavy atom. The fourth-order valence-corrected chi connectivity index (χ4v) is 2.46. The highest BCUT2D eigenvalue weighted by Gasteiger charge is 2.83. The van der Waals surface area contributed by atoms with Gasteiger partial charge >= 0.3 is 29.9 Å². The van der Waals surface area contributed by atoms with Crippen LogP contribution in [-0.4, -0.2) is 29.9 Å². The first-order valence-corrected chi connectivity index (χ1v) is 7.11. The van der Waals surface area contributed by atoms with Crippen LogP contribution in [0.1, 0.15) is 0 Å². The normalized spacial score (nSPS) is 13.8. The molecule has 24 heavy (non-hydrogen) atoms. The van der Waals surface area contributed by atoms with Gasteiger partial charge in [-0.25, -0.2) is 0 Å². The molecule has 1 rings (SSSR count). The van der Waals surface area contributed by atoms with E-state index in [1.54, 1.807) is 0 Å². The van der Waals surface area contributed by atoms with E-state index in [0.717, 1.165) is 6.07 Å². The highest BCUT2D eigenvalue weighted by molar-refractivity contribution is 9.11. The number of halogens is 11. The number of nitrogens with one attached hydrogen (secondary N) is 1. The topological polar surface area (TPSA) is 29.1 Å². The number of carbonyl (C=O) groups is 1. The molecule has 0 aliphatic heterocycles. The van der Waals surface area contributed by atoms with Gasteiger partial charge in [-0.1, -0.05) is 15.9 Å². The van der Waals surface area contributed by atoms with Crippen molar-refractivity contribution < 1.29 is 44.3 Å². The van der Waals surface area contributed by atoms with E-state index in [1.807, 2.05) is 0 Å². The van der Waals surface area contributed by atoms with Gasteiger partial charge in [0, 0.05) is 8.95 Å². The van der Waals surface area contributed by atoms with E-state index in [2.05, 4.69) is 31.9 Å². The van der Waals surface area contributed by atoms with Crippen molar-refractivity contribution in [2.75, 3.05) is 5.32 Å². The zero-order valence-electron chi connectivity index (χ0n) is 10.8. The van der Waals surface area contributed by atoms with E-state index in [1.165, 1.54) is 17.4 Å².